The predicted molar refractivity (Wildman–Crippen MR) is 90.1 cm³/mol. The Balaban J connectivity index is 2.23. The average molecular weight is 347 g/mol. The van der Waals surface area contributed by atoms with Crippen molar-refractivity contribution in [2.24, 2.45) is 5.16 Å². The molecule has 0 atom stereocenters. The molecule has 25 heavy (non-hydrogen) atoms. The van der Waals surface area contributed by atoms with Gasteiger partial charge in [-0.25, -0.2) is 9.18 Å². The standard InChI is InChI=1S/C18H18FNO5/c1-11(12-5-7-14(19)8-6-12)20-25-18(21)13-9-15(22-2)17(24-4)16(10-13)23-3/h5-10H,1-4H3. The highest BCUT2D eigenvalue weighted by molar-refractivity contribution is 5.99. The van der Waals surface area contributed by atoms with Gasteiger partial charge in [0.2, 0.25) is 5.75 Å². The summed E-state index contributed by atoms with van der Waals surface area (Å²) in [5.74, 6) is -0.0275. The van der Waals surface area contributed by atoms with E-state index in [2.05, 4.69) is 5.16 Å². The molecule has 0 saturated heterocycles. The van der Waals surface area contributed by atoms with E-state index < -0.39 is 5.97 Å². The molecular weight excluding hydrogens is 329 g/mol. The van der Waals surface area contributed by atoms with Crippen LogP contribution in [-0.4, -0.2) is 33.0 Å². The van der Waals surface area contributed by atoms with E-state index in [1.807, 2.05) is 0 Å². The SMILES string of the molecule is COc1cc(C(=O)ON=C(C)c2ccc(F)cc2)cc(OC)c1OC. The quantitative estimate of drug-likeness (QED) is 0.455. The topological polar surface area (TPSA) is 66.4 Å². The Morgan fingerprint density at radius 3 is 1.96 bits per heavy atom. The fourth-order valence-electron chi connectivity index (χ4n) is 2.11. The van der Waals surface area contributed by atoms with E-state index in [0.717, 1.165) is 0 Å². The van der Waals surface area contributed by atoms with Gasteiger partial charge >= 0.3 is 5.97 Å². The molecule has 0 aliphatic heterocycles. The first-order chi connectivity index (χ1) is 12.0. The lowest BCUT2D eigenvalue weighted by molar-refractivity contribution is 0.0515. The molecule has 0 N–H and O–H groups in total. The highest BCUT2D eigenvalue weighted by Crippen LogP contribution is 2.38. The Labute approximate surface area is 144 Å². The number of methoxy groups -OCH3 is 3. The van der Waals surface area contributed by atoms with Crippen LogP contribution in [-0.2, 0) is 4.84 Å². The third-order valence-corrected chi connectivity index (χ3v) is 3.43. The van der Waals surface area contributed by atoms with Gasteiger partial charge in [0.05, 0.1) is 32.6 Å². The Morgan fingerprint density at radius 2 is 1.48 bits per heavy atom. The lowest BCUT2D eigenvalue weighted by Crippen LogP contribution is -2.06. The summed E-state index contributed by atoms with van der Waals surface area (Å²) < 4.78 is 28.5. The fraction of sp³-hybridized carbons (Fsp3) is 0.222. The highest BCUT2D eigenvalue weighted by Gasteiger charge is 2.18. The molecule has 2 rings (SSSR count). The molecule has 0 fully saturated rings. The van der Waals surface area contributed by atoms with E-state index in [1.54, 1.807) is 19.1 Å². The van der Waals surface area contributed by atoms with Gasteiger partial charge in [-0.3, -0.25) is 0 Å². The average Bonchev–Trinajstić information content (AvgIpc) is 2.64. The minimum atomic E-state index is -0.694. The van der Waals surface area contributed by atoms with Gasteiger partial charge in [0.1, 0.15) is 5.82 Å². The monoisotopic (exact) mass is 347 g/mol. The number of oxime groups is 1. The molecule has 7 heteroatoms. The predicted octanol–water partition coefficient (Wildman–Crippen LogP) is 3.43. The summed E-state index contributed by atoms with van der Waals surface area (Å²) in [6.45, 7) is 1.65. The van der Waals surface area contributed by atoms with Crippen LogP contribution in [0.2, 0.25) is 0 Å². The zero-order valence-electron chi connectivity index (χ0n) is 14.3. The summed E-state index contributed by atoms with van der Waals surface area (Å²) >= 11 is 0. The Hall–Kier alpha value is -3.09. The first kappa shape index (κ1) is 18.3. The van der Waals surface area contributed by atoms with Gasteiger partial charge < -0.3 is 19.0 Å². The van der Waals surface area contributed by atoms with Crippen molar-refractivity contribution in [2.45, 2.75) is 6.92 Å². The van der Waals surface area contributed by atoms with Gasteiger partial charge in [0.15, 0.2) is 11.5 Å². The Kier molecular flexibility index (Phi) is 5.94. The maximum absolute atomic E-state index is 12.9. The molecule has 0 aliphatic rings. The number of nitrogens with zero attached hydrogens (tertiary/aromatic N) is 1. The van der Waals surface area contributed by atoms with E-state index in [4.69, 9.17) is 19.0 Å². The van der Waals surface area contributed by atoms with Crippen molar-refractivity contribution in [1.82, 2.24) is 0 Å². The molecule has 0 unspecified atom stereocenters. The summed E-state index contributed by atoms with van der Waals surface area (Å²) in [5, 5.41) is 3.79. The van der Waals surface area contributed by atoms with Crippen LogP contribution in [0.5, 0.6) is 17.2 Å². The maximum Gasteiger partial charge on any atom is 0.366 e. The lowest BCUT2D eigenvalue weighted by atomic mass is 10.1. The van der Waals surface area contributed by atoms with Crippen LogP contribution in [0.4, 0.5) is 4.39 Å². The molecular formula is C18H18FNO5. The van der Waals surface area contributed by atoms with E-state index >= 15 is 0 Å². The molecule has 0 saturated carbocycles. The third-order valence-electron chi connectivity index (χ3n) is 3.43. The maximum atomic E-state index is 12.9. The summed E-state index contributed by atoms with van der Waals surface area (Å²) in [7, 11) is 4.36. The molecule has 0 heterocycles. The smallest absolute Gasteiger partial charge is 0.366 e. The molecule has 6 nitrogen and oxygen atoms in total. The third kappa shape index (κ3) is 4.26. The van der Waals surface area contributed by atoms with Crippen molar-refractivity contribution in [2.75, 3.05) is 21.3 Å². The van der Waals surface area contributed by atoms with Crippen LogP contribution in [0.1, 0.15) is 22.8 Å². The first-order valence-corrected chi connectivity index (χ1v) is 7.32. The largest absolute Gasteiger partial charge is 0.493 e. The van der Waals surface area contributed by atoms with Crippen LogP contribution in [0.3, 0.4) is 0 Å². The number of halogens is 1. The minimum absolute atomic E-state index is 0.185. The number of hydrogen-bond acceptors (Lipinski definition) is 6. The second-order valence-electron chi connectivity index (χ2n) is 4.98. The molecule has 0 bridgehead atoms. The van der Waals surface area contributed by atoms with E-state index in [9.17, 15) is 9.18 Å². The fourth-order valence-corrected chi connectivity index (χ4v) is 2.11. The summed E-state index contributed by atoms with van der Waals surface area (Å²) in [6.07, 6.45) is 0. The number of ether oxygens (including phenoxy) is 3. The van der Waals surface area contributed by atoms with E-state index in [1.165, 1.54) is 45.6 Å². The molecule has 132 valence electrons. The summed E-state index contributed by atoms with van der Waals surface area (Å²) in [6, 6.07) is 8.62. The molecule has 2 aromatic rings. The lowest BCUT2D eigenvalue weighted by Gasteiger charge is -2.13. The normalized spacial score (nSPS) is 11.0. The number of benzene rings is 2. The number of carbonyl (C=O) groups is 1. The summed E-state index contributed by atoms with van der Waals surface area (Å²) in [5.41, 5.74) is 1.25. The van der Waals surface area contributed by atoms with Crippen LogP contribution in [0.15, 0.2) is 41.6 Å². The molecule has 0 aliphatic carbocycles. The zero-order chi connectivity index (χ0) is 18.4. The first-order valence-electron chi connectivity index (χ1n) is 7.32. The Morgan fingerprint density at radius 1 is 0.920 bits per heavy atom. The Bertz CT molecular complexity index is 762. The van der Waals surface area contributed by atoms with Gasteiger partial charge in [0, 0.05) is 0 Å². The van der Waals surface area contributed by atoms with Crippen LogP contribution >= 0.6 is 0 Å². The number of hydrogen-bond donors (Lipinski definition) is 0. The van der Waals surface area contributed by atoms with Gasteiger partial charge in [-0.1, -0.05) is 17.3 Å². The van der Waals surface area contributed by atoms with Gasteiger partial charge in [0.25, 0.3) is 0 Å². The van der Waals surface area contributed by atoms with Crippen molar-refractivity contribution in [1.29, 1.82) is 0 Å². The second kappa shape index (κ2) is 8.14. The van der Waals surface area contributed by atoms with Gasteiger partial charge in [-0.05, 0) is 36.8 Å². The van der Waals surface area contributed by atoms with E-state index in [0.29, 0.717) is 28.5 Å². The molecule has 0 amide bonds. The molecule has 0 spiro atoms. The second-order valence-corrected chi connectivity index (χ2v) is 4.98. The van der Waals surface area contributed by atoms with E-state index in [-0.39, 0.29) is 11.4 Å². The van der Waals surface area contributed by atoms with Crippen molar-refractivity contribution in [3.05, 3.63) is 53.3 Å². The van der Waals surface area contributed by atoms with Crippen molar-refractivity contribution < 1.29 is 28.2 Å². The van der Waals surface area contributed by atoms with Crippen molar-refractivity contribution >= 4 is 11.7 Å². The van der Waals surface area contributed by atoms with Crippen LogP contribution < -0.4 is 14.2 Å². The van der Waals surface area contributed by atoms with Gasteiger partial charge in [-0.15, -0.1) is 0 Å². The number of rotatable bonds is 6. The number of carbonyl (C=O) groups excluding carboxylic acids is 1. The van der Waals surface area contributed by atoms with Crippen molar-refractivity contribution in [3.63, 3.8) is 0 Å². The molecule has 0 aromatic heterocycles. The zero-order valence-corrected chi connectivity index (χ0v) is 14.3. The molecule has 0 radical (unpaired) electrons. The van der Waals surface area contributed by atoms with Crippen LogP contribution in [0, 0.1) is 5.82 Å². The van der Waals surface area contributed by atoms with Crippen LogP contribution in [0.25, 0.3) is 0 Å². The highest BCUT2D eigenvalue weighted by atomic mass is 19.1. The van der Waals surface area contributed by atoms with Gasteiger partial charge in [-0.2, -0.15) is 0 Å². The summed E-state index contributed by atoms with van der Waals surface area (Å²) in [4.78, 5) is 17.2. The minimum Gasteiger partial charge on any atom is -0.493 e. The molecule has 2 aromatic carbocycles. The van der Waals surface area contributed by atoms with Crippen molar-refractivity contribution in [3.8, 4) is 17.2 Å².